The predicted octanol–water partition coefficient (Wildman–Crippen LogP) is 4.24. The molecular weight excluding hydrogens is 396 g/mol. The van der Waals surface area contributed by atoms with Gasteiger partial charge >= 0.3 is 36.1 Å². The van der Waals surface area contributed by atoms with Crippen LogP contribution in [0.1, 0.15) is 26.7 Å². The van der Waals surface area contributed by atoms with Crippen molar-refractivity contribution in [2.45, 2.75) is 50.9 Å². The molecule has 0 aliphatic carbocycles. The fraction of sp³-hybridized carbons (Fsp3) is 0.733. The van der Waals surface area contributed by atoms with Gasteiger partial charge in [0.1, 0.15) is 0 Å². The van der Waals surface area contributed by atoms with Gasteiger partial charge in [-0.05, 0) is 12.3 Å². The normalized spacial score (nSPS) is 14.5. The van der Waals surface area contributed by atoms with E-state index in [0.29, 0.717) is 6.08 Å². The Hall–Kier alpha value is -1.88. The van der Waals surface area contributed by atoms with Crippen LogP contribution in [0.5, 0.6) is 0 Å². The van der Waals surface area contributed by atoms with Crippen LogP contribution < -0.4 is 0 Å². The lowest BCUT2D eigenvalue weighted by Crippen LogP contribution is -2.59. The summed E-state index contributed by atoms with van der Waals surface area (Å²) in [5.41, 5.74) is 0. The first-order chi connectivity index (χ1) is 12.2. The maximum absolute atomic E-state index is 13.1. The van der Waals surface area contributed by atoms with E-state index in [1.54, 1.807) is 6.92 Å². The molecule has 0 bridgehead atoms. The van der Waals surface area contributed by atoms with E-state index < -0.39 is 42.7 Å². The zero-order valence-corrected chi connectivity index (χ0v) is 14.3. The molecule has 0 saturated carbocycles. The molecule has 0 aromatic carbocycles. The number of halogens is 8. The van der Waals surface area contributed by atoms with Crippen molar-refractivity contribution in [3.8, 4) is 0 Å². The zero-order chi connectivity index (χ0) is 21.5. The van der Waals surface area contributed by atoms with Gasteiger partial charge in [0.25, 0.3) is 0 Å². The third kappa shape index (κ3) is 6.98. The Balaban J connectivity index is 4.69. The van der Waals surface area contributed by atoms with E-state index in [2.05, 4.69) is 4.74 Å². The van der Waals surface area contributed by atoms with Gasteiger partial charge in [0.15, 0.2) is 6.61 Å². The van der Waals surface area contributed by atoms with Gasteiger partial charge in [0.2, 0.25) is 0 Å². The smallest absolute Gasteiger partial charge is 0.381 e. The molecule has 4 nitrogen and oxygen atoms in total. The summed E-state index contributed by atoms with van der Waals surface area (Å²) in [6.07, 6.45) is -2.81. The van der Waals surface area contributed by atoms with Crippen LogP contribution in [0.2, 0.25) is 0 Å². The van der Waals surface area contributed by atoms with Crippen LogP contribution in [0, 0.1) is 5.92 Å². The number of ether oxygens (including phenoxy) is 2. The molecule has 0 heterocycles. The van der Waals surface area contributed by atoms with Crippen LogP contribution in [0.3, 0.4) is 0 Å². The number of hydrogen-bond donors (Lipinski definition) is 0. The highest BCUT2D eigenvalue weighted by Gasteiger charge is 2.75. The van der Waals surface area contributed by atoms with Crippen molar-refractivity contribution in [3.05, 3.63) is 12.2 Å². The average Bonchev–Trinajstić information content (AvgIpc) is 2.56. The summed E-state index contributed by atoms with van der Waals surface area (Å²) in [6, 6.07) is 0. The molecule has 0 amide bonds. The summed E-state index contributed by atoms with van der Waals surface area (Å²) in [5, 5.41) is 0. The molecule has 1 unspecified atom stereocenters. The SMILES string of the molecule is CCCC(C)COC(=O)/C=C/C(=O)OCC(F)(F)C(F)(F)C(F)(F)C(F)F. The number of carbonyl (C=O) groups excluding carboxylic acids is 2. The van der Waals surface area contributed by atoms with Crippen molar-refractivity contribution < 1.29 is 54.2 Å². The van der Waals surface area contributed by atoms with E-state index in [-0.39, 0.29) is 18.6 Å². The predicted molar refractivity (Wildman–Crippen MR) is 76.0 cm³/mol. The van der Waals surface area contributed by atoms with Gasteiger partial charge in [-0.3, -0.25) is 0 Å². The Kier molecular flexibility index (Phi) is 9.19. The van der Waals surface area contributed by atoms with Crippen molar-refractivity contribution in [2.24, 2.45) is 5.92 Å². The molecule has 0 aromatic heterocycles. The number of rotatable bonds is 11. The van der Waals surface area contributed by atoms with Gasteiger partial charge in [0.05, 0.1) is 6.61 Å². The summed E-state index contributed by atoms with van der Waals surface area (Å²) < 4.78 is 110. The van der Waals surface area contributed by atoms with Crippen LogP contribution in [-0.2, 0) is 19.1 Å². The topological polar surface area (TPSA) is 52.6 Å². The quantitative estimate of drug-likeness (QED) is 0.288. The van der Waals surface area contributed by atoms with Gasteiger partial charge in [-0.15, -0.1) is 0 Å². The Morgan fingerprint density at radius 2 is 1.44 bits per heavy atom. The van der Waals surface area contributed by atoms with Crippen molar-refractivity contribution in [1.82, 2.24) is 0 Å². The standard InChI is InChI=1S/C15H18F8O4/c1-3-4-9(2)7-26-10(24)5-6-11(25)27-8-13(18,19)15(22,23)14(20,21)12(16)17/h5-6,9,12H,3-4,7-8H2,1-2H3/b6-5+. The maximum atomic E-state index is 13.1. The molecule has 0 spiro atoms. The Morgan fingerprint density at radius 3 is 1.89 bits per heavy atom. The first-order valence-electron chi connectivity index (χ1n) is 7.62. The minimum Gasteiger partial charge on any atom is -0.462 e. The van der Waals surface area contributed by atoms with Gasteiger partial charge in [-0.25, -0.2) is 18.4 Å². The molecule has 0 saturated heterocycles. The van der Waals surface area contributed by atoms with Crippen LogP contribution in [-0.4, -0.2) is 49.3 Å². The van der Waals surface area contributed by atoms with E-state index in [1.165, 1.54) is 0 Å². The summed E-state index contributed by atoms with van der Waals surface area (Å²) in [5.74, 6) is -21.4. The first-order valence-corrected chi connectivity index (χ1v) is 7.62. The molecule has 0 N–H and O–H groups in total. The number of alkyl halides is 8. The number of esters is 2. The van der Waals surface area contributed by atoms with E-state index in [0.717, 1.165) is 12.8 Å². The monoisotopic (exact) mass is 414 g/mol. The van der Waals surface area contributed by atoms with E-state index in [4.69, 9.17) is 4.74 Å². The van der Waals surface area contributed by atoms with Crippen molar-refractivity contribution in [2.75, 3.05) is 13.2 Å². The molecule has 12 heteroatoms. The molecule has 0 aliphatic rings. The van der Waals surface area contributed by atoms with Gasteiger partial charge < -0.3 is 9.47 Å². The molecule has 1 atom stereocenters. The second-order valence-electron chi connectivity index (χ2n) is 5.67. The molecule has 158 valence electrons. The van der Waals surface area contributed by atoms with Crippen molar-refractivity contribution in [3.63, 3.8) is 0 Å². The first kappa shape index (κ1) is 25.1. The van der Waals surface area contributed by atoms with Crippen LogP contribution in [0.25, 0.3) is 0 Å². The molecule has 0 aromatic rings. The van der Waals surface area contributed by atoms with Gasteiger partial charge in [-0.2, -0.15) is 26.3 Å². The zero-order valence-electron chi connectivity index (χ0n) is 14.3. The third-order valence-electron chi connectivity index (χ3n) is 3.19. The summed E-state index contributed by atoms with van der Waals surface area (Å²) in [6.45, 7) is 1.06. The molecule has 0 aliphatic heterocycles. The second-order valence-corrected chi connectivity index (χ2v) is 5.67. The van der Waals surface area contributed by atoms with Crippen LogP contribution in [0.4, 0.5) is 35.1 Å². The maximum Gasteiger partial charge on any atom is 0.381 e. The largest absolute Gasteiger partial charge is 0.462 e. The van der Waals surface area contributed by atoms with Crippen LogP contribution >= 0.6 is 0 Å². The average molecular weight is 414 g/mol. The van der Waals surface area contributed by atoms with Crippen molar-refractivity contribution >= 4 is 11.9 Å². The highest BCUT2D eigenvalue weighted by atomic mass is 19.4. The van der Waals surface area contributed by atoms with Gasteiger partial charge in [-0.1, -0.05) is 20.3 Å². The minimum atomic E-state index is -6.48. The summed E-state index contributed by atoms with van der Waals surface area (Å²) in [7, 11) is 0. The third-order valence-corrected chi connectivity index (χ3v) is 3.19. The number of hydrogen-bond acceptors (Lipinski definition) is 4. The molecule has 27 heavy (non-hydrogen) atoms. The lowest BCUT2D eigenvalue weighted by Gasteiger charge is -2.31. The van der Waals surface area contributed by atoms with E-state index in [1.807, 2.05) is 6.92 Å². The number of carbonyl (C=O) groups is 2. The lowest BCUT2D eigenvalue weighted by molar-refractivity contribution is -0.344. The highest BCUT2D eigenvalue weighted by molar-refractivity contribution is 5.91. The highest BCUT2D eigenvalue weighted by Crippen LogP contribution is 2.48. The Labute approximate surface area is 149 Å². The summed E-state index contributed by atoms with van der Waals surface area (Å²) in [4.78, 5) is 22.4. The van der Waals surface area contributed by atoms with Gasteiger partial charge in [0, 0.05) is 12.2 Å². The fourth-order valence-corrected chi connectivity index (χ4v) is 1.67. The molecular formula is C15H18F8O4. The minimum absolute atomic E-state index is 0.000927. The molecule has 0 radical (unpaired) electrons. The Morgan fingerprint density at radius 1 is 0.963 bits per heavy atom. The fourth-order valence-electron chi connectivity index (χ4n) is 1.67. The Bertz CT molecular complexity index is 534. The second kappa shape index (κ2) is 9.88. The molecule has 0 fully saturated rings. The summed E-state index contributed by atoms with van der Waals surface area (Å²) >= 11 is 0. The van der Waals surface area contributed by atoms with E-state index >= 15 is 0 Å². The van der Waals surface area contributed by atoms with Crippen molar-refractivity contribution in [1.29, 1.82) is 0 Å². The molecule has 0 rings (SSSR count). The van der Waals surface area contributed by atoms with E-state index in [9.17, 15) is 44.7 Å². The lowest BCUT2D eigenvalue weighted by atomic mass is 10.1. The van der Waals surface area contributed by atoms with Crippen LogP contribution in [0.15, 0.2) is 12.2 Å².